The van der Waals surface area contributed by atoms with E-state index in [1.807, 2.05) is 48.5 Å². The predicted octanol–water partition coefficient (Wildman–Crippen LogP) is 5.15. The van der Waals surface area contributed by atoms with Crippen LogP contribution in [0.1, 0.15) is 25.1 Å². The second kappa shape index (κ2) is 11.1. The number of nitrogens with zero attached hydrogens (tertiary/aromatic N) is 3. The summed E-state index contributed by atoms with van der Waals surface area (Å²) < 4.78 is 11.8. The zero-order valence-electron chi connectivity index (χ0n) is 20.4. The highest BCUT2D eigenvalue weighted by Crippen LogP contribution is 2.30. The number of hydrogen-bond acceptors (Lipinski definition) is 6. The van der Waals surface area contributed by atoms with Crippen LogP contribution in [0.15, 0.2) is 88.6 Å². The molecule has 1 N–H and O–H groups in total. The first-order valence-corrected chi connectivity index (χ1v) is 12.0. The molecule has 36 heavy (non-hydrogen) atoms. The number of aromatic nitrogens is 1. The quantitative estimate of drug-likeness (QED) is 0.329. The van der Waals surface area contributed by atoms with Crippen molar-refractivity contribution >= 4 is 28.5 Å². The van der Waals surface area contributed by atoms with E-state index in [0.29, 0.717) is 17.5 Å². The molecule has 0 aliphatic carbocycles. The highest BCUT2D eigenvalue weighted by Gasteiger charge is 2.25. The molecule has 1 aliphatic rings. The van der Waals surface area contributed by atoms with Crippen LogP contribution in [0, 0.1) is 0 Å². The zero-order valence-corrected chi connectivity index (χ0v) is 20.4. The Kier molecular flexibility index (Phi) is 7.75. The van der Waals surface area contributed by atoms with Crippen LogP contribution < -0.4 is 10.7 Å². The van der Waals surface area contributed by atoms with Gasteiger partial charge in [0.15, 0.2) is 11.8 Å². The lowest BCUT2D eigenvalue weighted by atomic mass is 10.0. The van der Waals surface area contributed by atoms with Gasteiger partial charge in [-0.3, -0.25) is 4.90 Å². The summed E-state index contributed by atoms with van der Waals surface area (Å²) in [6.07, 6.45) is 1.88. The van der Waals surface area contributed by atoms with Crippen LogP contribution in [0.2, 0.25) is 0 Å². The fraction of sp³-hybridized carbons (Fsp3) is 0.286. The average molecular weight is 490 g/mol. The molecule has 0 bridgehead atoms. The molecule has 8 nitrogen and oxygen atoms in total. The molecule has 8 heteroatoms. The summed E-state index contributed by atoms with van der Waals surface area (Å²) in [7, 11) is 0. The van der Waals surface area contributed by atoms with E-state index in [1.165, 1.54) is 4.57 Å². The number of carbonyl (C=O) groups is 1. The van der Waals surface area contributed by atoms with Gasteiger partial charge >= 0.3 is 11.9 Å². The van der Waals surface area contributed by atoms with E-state index in [1.54, 1.807) is 13.0 Å². The Morgan fingerprint density at radius 1 is 1.14 bits per heavy atom. The number of benzene rings is 2. The fourth-order valence-electron chi connectivity index (χ4n) is 4.53. The number of rotatable bonds is 9. The molecule has 1 unspecified atom stereocenters. The van der Waals surface area contributed by atoms with Crippen molar-refractivity contribution in [2.45, 2.75) is 19.6 Å². The number of carboxylic acid groups (broad SMARTS) is 1. The van der Waals surface area contributed by atoms with Gasteiger partial charge in [-0.2, -0.15) is 0 Å². The van der Waals surface area contributed by atoms with Gasteiger partial charge in [0, 0.05) is 39.1 Å². The van der Waals surface area contributed by atoms with Crippen LogP contribution in [0.3, 0.4) is 0 Å². The number of ether oxygens (including phenoxy) is 1. The van der Waals surface area contributed by atoms with Crippen molar-refractivity contribution in [1.29, 1.82) is 0 Å². The van der Waals surface area contributed by atoms with Crippen molar-refractivity contribution in [3.8, 4) is 0 Å². The first-order chi connectivity index (χ1) is 17.4. The van der Waals surface area contributed by atoms with Gasteiger partial charge in [-0.05, 0) is 28.8 Å². The number of piperazine rings is 1. The van der Waals surface area contributed by atoms with Crippen molar-refractivity contribution < 1.29 is 19.1 Å². The average Bonchev–Trinajstić information content (AvgIpc) is 3.23. The van der Waals surface area contributed by atoms with E-state index in [-0.39, 0.29) is 0 Å². The Bertz CT molecular complexity index is 1330. The highest BCUT2D eigenvalue weighted by molar-refractivity contribution is 5.87. The Morgan fingerprint density at radius 2 is 1.86 bits per heavy atom. The maximum atomic E-state index is 12.6. The molecule has 0 radical (unpaired) electrons. The molecular formula is C28H31N3O5. The largest absolute Gasteiger partial charge is 0.507 e. The molecule has 0 amide bonds. The Hall–Kier alpha value is -4.04. The lowest BCUT2D eigenvalue weighted by Crippen LogP contribution is -2.46. The maximum absolute atomic E-state index is 12.6. The molecule has 1 atom stereocenters. The van der Waals surface area contributed by atoms with Crippen LogP contribution in [-0.4, -0.2) is 53.5 Å². The first kappa shape index (κ1) is 25.1. The number of para-hydroxylation sites is 1. The van der Waals surface area contributed by atoms with Crippen molar-refractivity contribution in [3.63, 3.8) is 0 Å². The van der Waals surface area contributed by atoms with Gasteiger partial charge in [-0.25, -0.2) is 14.2 Å². The van der Waals surface area contributed by atoms with Crippen LogP contribution in [0.5, 0.6) is 0 Å². The SMILES string of the molecule is C=C/C(=C\C(=C)c1ccccc1)CN1CCN(c2cccc3c2oc(=O)n3C(CC)OC(=O)O)CC1. The number of hydrogen-bond donors (Lipinski definition) is 1. The van der Waals surface area contributed by atoms with E-state index >= 15 is 0 Å². The zero-order chi connectivity index (χ0) is 25.7. The van der Waals surface area contributed by atoms with E-state index in [4.69, 9.17) is 14.3 Å². The minimum absolute atomic E-state index is 0.305. The minimum Gasteiger partial charge on any atom is -0.450 e. The molecular weight excluding hydrogens is 458 g/mol. The number of oxazole rings is 1. The van der Waals surface area contributed by atoms with Gasteiger partial charge in [0.1, 0.15) is 0 Å². The number of anilines is 1. The summed E-state index contributed by atoms with van der Waals surface area (Å²) >= 11 is 0. The van der Waals surface area contributed by atoms with E-state index in [0.717, 1.165) is 55.1 Å². The van der Waals surface area contributed by atoms with Crippen LogP contribution in [0.4, 0.5) is 10.5 Å². The van der Waals surface area contributed by atoms with Crippen molar-refractivity contribution in [2.24, 2.45) is 0 Å². The van der Waals surface area contributed by atoms with Gasteiger partial charge in [-0.1, -0.05) is 68.6 Å². The number of allylic oxidation sites excluding steroid dienone is 2. The molecule has 4 rings (SSSR count). The molecule has 2 heterocycles. The van der Waals surface area contributed by atoms with Crippen molar-refractivity contribution in [3.05, 3.63) is 95.5 Å². The third-order valence-electron chi connectivity index (χ3n) is 6.38. The summed E-state index contributed by atoms with van der Waals surface area (Å²) in [6, 6.07) is 15.6. The monoisotopic (exact) mass is 489 g/mol. The van der Waals surface area contributed by atoms with Crippen LogP contribution in [-0.2, 0) is 4.74 Å². The maximum Gasteiger partial charge on any atom is 0.507 e. The molecule has 0 spiro atoms. The van der Waals surface area contributed by atoms with Crippen molar-refractivity contribution in [1.82, 2.24) is 9.47 Å². The molecule has 188 valence electrons. The van der Waals surface area contributed by atoms with Crippen LogP contribution in [0.25, 0.3) is 16.7 Å². The first-order valence-electron chi connectivity index (χ1n) is 12.0. The van der Waals surface area contributed by atoms with Gasteiger partial charge in [0.2, 0.25) is 0 Å². The fourth-order valence-corrected chi connectivity index (χ4v) is 4.53. The molecule has 1 aromatic heterocycles. The lowest BCUT2D eigenvalue weighted by molar-refractivity contribution is 0.0150. The molecule has 3 aromatic rings. The number of fused-ring (bicyclic) bond motifs is 1. The molecule has 1 aliphatic heterocycles. The summed E-state index contributed by atoms with van der Waals surface area (Å²) in [5.74, 6) is -0.636. The summed E-state index contributed by atoms with van der Waals surface area (Å²) in [4.78, 5) is 28.3. The standard InChI is InChI=1S/C28H31N3O5/c1-4-21(18-20(3)22-10-7-6-8-11-22)19-29-14-16-30(17-15-29)23-12-9-13-24-26(23)36-27(32)31(24)25(5-2)35-28(33)34/h4,6-13,18,25H,1,3,5,14-17,19H2,2H3,(H,33,34)/b21-18+. The molecule has 1 fully saturated rings. The molecule has 2 aromatic carbocycles. The van der Waals surface area contributed by atoms with Crippen LogP contribution >= 0.6 is 0 Å². The smallest absolute Gasteiger partial charge is 0.450 e. The Balaban J connectivity index is 1.47. The second-order valence-corrected chi connectivity index (χ2v) is 8.69. The topological polar surface area (TPSA) is 88.1 Å². The Morgan fingerprint density at radius 3 is 2.50 bits per heavy atom. The predicted molar refractivity (Wildman–Crippen MR) is 141 cm³/mol. The van der Waals surface area contributed by atoms with Gasteiger partial charge < -0.3 is 19.2 Å². The highest BCUT2D eigenvalue weighted by atomic mass is 16.7. The Labute approximate surface area is 210 Å². The molecule has 0 saturated carbocycles. The van der Waals surface area contributed by atoms with E-state index in [2.05, 4.69) is 29.0 Å². The van der Waals surface area contributed by atoms with Crippen molar-refractivity contribution in [2.75, 3.05) is 37.6 Å². The second-order valence-electron chi connectivity index (χ2n) is 8.69. The summed E-state index contributed by atoms with van der Waals surface area (Å²) in [6.45, 7) is 13.9. The van der Waals surface area contributed by atoms with Gasteiger partial charge in [-0.15, -0.1) is 0 Å². The normalized spacial score (nSPS) is 15.6. The van der Waals surface area contributed by atoms with E-state index < -0.39 is 18.1 Å². The third kappa shape index (κ3) is 5.44. The van der Waals surface area contributed by atoms with Gasteiger partial charge in [0.25, 0.3) is 0 Å². The third-order valence-corrected chi connectivity index (χ3v) is 6.38. The van der Waals surface area contributed by atoms with Gasteiger partial charge in [0.05, 0.1) is 11.2 Å². The minimum atomic E-state index is -1.43. The lowest BCUT2D eigenvalue weighted by Gasteiger charge is -2.36. The molecule has 1 saturated heterocycles. The summed E-state index contributed by atoms with van der Waals surface area (Å²) in [5.41, 5.74) is 4.91. The van der Waals surface area contributed by atoms with E-state index in [9.17, 15) is 9.59 Å². The summed E-state index contributed by atoms with van der Waals surface area (Å²) in [5, 5.41) is 9.05.